The van der Waals surface area contributed by atoms with Crippen LogP contribution in [0.5, 0.6) is 5.75 Å². The molecule has 2 aromatic carbocycles. The van der Waals surface area contributed by atoms with Gasteiger partial charge in [0.1, 0.15) is 18.2 Å². The van der Waals surface area contributed by atoms with Gasteiger partial charge in [0.25, 0.3) is 0 Å². The highest BCUT2D eigenvalue weighted by Gasteiger charge is 2.04. The molecule has 0 unspecified atom stereocenters. The lowest BCUT2D eigenvalue weighted by molar-refractivity contribution is 0.111. The number of hydrogen-bond donors (Lipinski definition) is 0. The SMILES string of the molecule is Cc1ccc(OCc2cccc(F)c2)c(C=O)c1. The van der Waals surface area contributed by atoms with Gasteiger partial charge in [0.05, 0.1) is 5.56 Å². The van der Waals surface area contributed by atoms with Crippen molar-refractivity contribution < 1.29 is 13.9 Å². The standard InChI is InChI=1S/C15H13FO2/c1-11-5-6-15(13(7-11)9-17)18-10-12-3-2-4-14(16)8-12/h2-9H,10H2,1H3. The van der Waals surface area contributed by atoms with Crippen molar-refractivity contribution in [3.63, 3.8) is 0 Å². The van der Waals surface area contributed by atoms with Crippen molar-refractivity contribution in [1.29, 1.82) is 0 Å². The number of carbonyl (C=O) groups is 1. The summed E-state index contributed by atoms with van der Waals surface area (Å²) in [4.78, 5) is 10.9. The number of benzene rings is 2. The fourth-order valence-corrected chi connectivity index (χ4v) is 1.68. The van der Waals surface area contributed by atoms with Gasteiger partial charge in [-0.2, -0.15) is 0 Å². The molecule has 0 saturated heterocycles. The maximum atomic E-state index is 13.0. The molecule has 0 N–H and O–H groups in total. The van der Waals surface area contributed by atoms with E-state index < -0.39 is 0 Å². The van der Waals surface area contributed by atoms with Crippen molar-refractivity contribution in [3.05, 3.63) is 65.0 Å². The van der Waals surface area contributed by atoms with Crippen LogP contribution in [0.4, 0.5) is 4.39 Å². The van der Waals surface area contributed by atoms with E-state index in [1.807, 2.05) is 13.0 Å². The number of halogens is 1. The average molecular weight is 244 g/mol. The molecule has 2 aromatic rings. The first kappa shape index (κ1) is 12.3. The van der Waals surface area contributed by atoms with Gasteiger partial charge in [-0.15, -0.1) is 0 Å². The summed E-state index contributed by atoms with van der Waals surface area (Å²) in [7, 11) is 0. The predicted octanol–water partition coefficient (Wildman–Crippen LogP) is 3.53. The molecule has 0 radical (unpaired) electrons. The van der Waals surface area contributed by atoms with Gasteiger partial charge >= 0.3 is 0 Å². The van der Waals surface area contributed by atoms with Crippen molar-refractivity contribution in [2.24, 2.45) is 0 Å². The van der Waals surface area contributed by atoms with Crippen LogP contribution < -0.4 is 4.74 Å². The first-order valence-corrected chi connectivity index (χ1v) is 5.62. The molecule has 0 aliphatic heterocycles. The topological polar surface area (TPSA) is 26.3 Å². The van der Waals surface area contributed by atoms with E-state index in [0.717, 1.165) is 17.4 Å². The number of ether oxygens (including phenoxy) is 1. The lowest BCUT2D eigenvalue weighted by Gasteiger charge is -2.09. The molecule has 0 saturated carbocycles. The Morgan fingerprint density at radius 1 is 1.22 bits per heavy atom. The molecule has 0 bridgehead atoms. The largest absolute Gasteiger partial charge is 0.488 e. The Balaban J connectivity index is 2.13. The maximum Gasteiger partial charge on any atom is 0.153 e. The Morgan fingerprint density at radius 2 is 2.06 bits per heavy atom. The summed E-state index contributed by atoms with van der Waals surface area (Å²) in [6.45, 7) is 2.14. The third kappa shape index (κ3) is 2.94. The van der Waals surface area contributed by atoms with E-state index >= 15 is 0 Å². The van der Waals surface area contributed by atoms with E-state index in [1.165, 1.54) is 12.1 Å². The van der Waals surface area contributed by atoms with Crippen LogP contribution in [-0.2, 0) is 6.61 Å². The highest BCUT2D eigenvalue weighted by Crippen LogP contribution is 2.19. The van der Waals surface area contributed by atoms with E-state index in [-0.39, 0.29) is 12.4 Å². The smallest absolute Gasteiger partial charge is 0.153 e. The monoisotopic (exact) mass is 244 g/mol. The molecule has 2 rings (SSSR count). The molecule has 2 nitrogen and oxygen atoms in total. The summed E-state index contributed by atoms with van der Waals surface area (Å²) < 4.78 is 18.5. The molecule has 3 heteroatoms. The predicted molar refractivity (Wildman–Crippen MR) is 67.3 cm³/mol. The van der Waals surface area contributed by atoms with E-state index in [2.05, 4.69) is 0 Å². The maximum absolute atomic E-state index is 13.0. The summed E-state index contributed by atoms with van der Waals surface area (Å²) >= 11 is 0. The van der Waals surface area contributed by atoms with Gasteiger partial charge in [-0.25, -0.2) is 4.39 Å². The van der Waals surface area contributed by atoms with Gasteiger partial charge < -0.3 is 4.74 Å². The Hall–Kier alpha value is -2.16. The van der Waals surface area contributed by atoms with Gasteiger partial charge in [0.2, 0.25) is 0 Å². The van der Waals surface area contributed by atoms with E-state index in [0.29, 0.717) is 11.3 Å². The van der Waals surface area contributed by atoms with Gasteiger partial charge in [0, 0.05) is 0 Å². The first-order chi connectivity index (χ1) is 8.69. The van der Waals surface area contributed by atoms with Crippen LogP contribution in [0, 0.1) is 12.7 Å². The zero-order valence-electron chi connectivity index (χ0n) is 10.0. The molecule has 0 atom stereocenters. The molecule has 18 heavy (non-hydrogen) atoms. The normalized spacial score (nSPS) is 10.1. The fraction of sp³-hybridized carbons (Fsp3) is 0.133. The summed E-state index contributed by atoms with van der Waals surface area (Å²) in [6.07, 6.45) is 0.758. The minimum absolute atomic E-state index is 0.238. The van der Waals surface area contributed by atoms with Gasteiger partial charge in [-0.05, 0) is 36.8 Å². The zero-order valence-corrected chi connectivity index (χ0v) is 10.0. The van der Waals surface area contributed by atoms with Crippen molar-refractivity contribution in [2.75, 3.05) is 0 Å². The van der Waals surface area contributed by atoms with Crippen LogP contribution in [0.3, 0.4) is 0 Å². The van der Waals surface area contributed by atoms with Crippen LogP contribution in [0.15, 0.2) is 42.5 Å². The van der Waals surface area contributed by atoms with Crippen LogP contribution in [0.25, 0.3) is 0 Å². The highest BCUT2D eigenvalue weighted by molar-refractivity contribution is 5.79. The molecule has 0 spiro atoms. The van der Waals surface area contributed by atoms with Gasteiger partial charge in [-0.1, -0.05) is 23.8 Å². The molecule has 0 heterocycles. The van der Waals surface area contributed by atoms with Gasteiger partial charge in [0.15, 0.2) is 6.29 Å². The lowest BCUT2D eigenvalue weighted by Crippen LogP contribution is -1.99. The van der Waals surface area contributed by atoms with Crippen molar-refractivity contribution >= 4 is 6.29 Å². The second kappa shape index (κ2) is 5.45. The summed E-state index contributed by atoms with van der Waals surface area (Å²) in [5.74, 6) is 0.218. The Labute approximate surface area is 105 Å². The van der Waals surface area contributed by atoms with E-state index in [1.54, 1.807) is 24.3 Å². The number of hydrogen-bond acceptors (Lipinski definition) is 2. The molecule has 0 aromatic heterocycles. The van der Waals surface area contributed by atoms with Crippen molar-refractivity contribution in [3.8, 4) is 5.75 Å². The lowest BCUT2D eigenvalue weighted by atomic mass is 10.1. The molecule has 92 valence electrons. The van der Waals surface area contributed by atoms with Gasteiger partial charge in [-0.3, -0.25) is 4.79 Å². The van der Waals surface area contributed by atoms with Crippen molar-refractivity contribution in [2.45, 2.75) is 13.5 Å². The third-order valence-electron chi connectivity index (χ3n) is 2.58. The van der Waals surface area contributed by atoms with Crippen LogP contribution in [0.2, 0.25) is 0 Å². The second-order valence-corrected chi connectivity index (χ2v) is 4.08. The molecular weight excluding hydrogens is 231 g/mol. The first-order valence-electron chi connectivity index (χ1n) is 5.62. The zero-order chi connectivity index (χ0) is 13.0. The number of carbonyl (C=O) groups excluding carboxylic acids is 1. The molecule has 0 fully saturated rings. The van der Waals surface area contributed by atoms with E-state index in [9.17, 15) is 9.18 Å². The summed E-state index contributed by atoms with van der Waals surface area (Å²) in [5.41, 5.74) is 2.23. The third-order valence-corrected chi connectivity index (χ3v) is 2.58. The number of aryl methyl sites for hydroxylation is 1. The number of rotatable bonds is 4. The quantitative estimate of drug-likeness (QED) is 0.769. The van der Waals surface area contributed by atoms with Crippen molar-refractivity contribution in [1.82, 2.24) is 0 Å². The molecular formula is C15H13FO2. The van der Waals surface area contributed by atoms with E-state index in [4.69, 9.17) is 4.74 Å². The Morgan fingerprint density at radius 3 is 2.78 bits per heavy atom. The minimum Gasteiger partial charge on any atom is -0.488 e. The summed E-state index contributed by atoms with van der Waals surface area (Å²) in [6, 6.07) is 11.6. The molecule has 0 aliphatic carbocycles. The summed E-state index contributed by atoms with van der Waals surface area (Å²) in [5, 5.41) is 0. The highest BCUT2D eigenvalue weighted by atomic mass is 19.1. The van der Waals surface area contributed by atoms with Crippen LogP contribution >= 0.6 is 0 Å². The average Bonchev–Trinajstić information content (AvgIpc) is 2.37. The Kier molecular flexibility index (Phi) is 3.72. The minimum atomic E-state index is -0.296. The van der Waals surface area contributed by atoms with Crippen LogP contribution in [0.1, 0.15) is 21.5 Å². The molecule has 0 amide bonds. The second-order valence-electron chi connectivity index (χ2n) is 4.08. The number of aldehydes is 1. The molecule has 0 aliphatic rings. The Bertz CT molecular complexity index is 564. The fourth-order valence-electron chi connectivity index (χ4n) is 1.68. The van der Waals surface area contributed by atoms with Crippen LogP contribution in [-0.4, -0.2) is 6.29 Å².